The predicted molar refractivity (Wildman–Crippen MR) is 91.6 cm³/mol. The molecular weight excluding hydrogens is 312 g/mol. The molecule has 0 N–H and O–H groups in total. The van der Waals surface area contributed by atoms with E-state index in [1.165, 1.54) is 0 Å². The van der Waals surface area contributed by atoms with Crippen LogP contribution in [0.1, 0.15) is 40.5 Å². The Morgan fingerprint density at radius 1 is 0.750 bits per heavy atom. The molecule has 2 atom stereocenters. The van der Waals surface area contributed by atoms with Crippen molar-refractivity contribution in [3.63, 3.8) is 0 Å². The van der Waals surface area contributed by atoms with Crippen LogP contribution in [0.4, 0.5) is 0 Å². The summed E-state index contributed by atoms with van der Waals surface area (Å²) >= 11 is 0. The summed E-state index contributed by atoms with van der Waals surface area (Å²) in [5, 5.41) is 0. The van der Waals surface area contributed by atoms with Crippen LogP contribution in [0.25, 0.3) is 0 Å². The first-order chi connectivity index (χ1) is 11.3. The Hall–Kier alpha value is -1.66. The zero-order valence-corrected chi connectivity index (χ0v) is 15.3. The van der Waals surface area contributed by atoms with E-state index in [1.807, 2.05) is 13.8 Å². The van der Waals surface area contributed by atoms with E-state index >= 15 is 0 Å². The molecule has 0 saturated heterocycles. The summed E-state index contributed by atoms with van der Waals surface area (Å²) in [6, 6.07) is 0. The Balaban J connectivity index is 3.64. The topological polar surface area (TPSA) is 71.1 Å². The van der Waals surface area contributed by atoms with Gasteiger partial charge in [0.25, 0.3) is 0 Å². The third kappa shape index (κ3) is 11.0. The van der Waals surface area contributed by atoms with Gasteiger partial charge in [0, 0.05) is 24.0 Å². The molecule has 0 aromatic carbocycles. The molecule has 0 rings (SSSR count). The van der Waals surface area contributed by atoms with Crippen molar-refractivity contribution in [2.75, 3.05) is 26.4 Å². The molecule has 0 amide bonds. The van der Waals surface area contributed by atoms with E-state index in [1.54, 1.807) is 13.8 Å². The summed E-state index contributed by atoms with van der Waals surface area (Å²) in [5.41, 5.74) is 0.778. The van der Waals surface area contributed by atoms with E-state index < -0.39 is 0 Å². The smallest absolute Gasteiger partial charge is 0.333 e. The van der Waals surface area contributed by atoms with E-state index in [-0.39, 0.29) is 24.1 Å². The van der Waals surface area contributed by atoms with E-state index in [0.717, 1.165) is 0 Å². The van der Waals surface area contributed by atoms with Crippen molar-refractivity contribution in [1.82, 2.24) is 0 Å². The molecule has 24 heavy (non-hydrogen) atoms. The zero-order valence-electron chi connectivity index (χ0n) is 15.3. The molecule has 0 aromatic heterocycles. The second-order valence-corrected chi connectivity index (χ2v) is 5.69. The Morgan fingerprint density at radius 3 is 1.38 bits per heavy atom. The normalized spacial score (nSPS) is 13.0. The molecule has 0 spiro atoms. The third-order valence-corrected chi connectivity index (χ3v) is 3.16. The van der Waals surface area contributed by atoms with E-state index in [2.05, 4.69) is 13.2 Å². The maximum atomic E-state index is 11.2. The Bertz CT molecular complexity index is 389. The van der Waals surface area contributed by atoms with Gasteiger partial charge < -0.3 is 18.9 Å². The number of rotatable bonds is 13. The number of carbonyl (C=O) groups is 2. The maximum Gasteiger partial charge on any atom is 0.333 e. The van der Waals surface area contributed by atoms with Gasteiger partial charge in [-0.05, 0) is 27.7 Å². The molecule has 0 bridgehead atoms. The Kier molecular flexibility index (Phi) is 11.8. The van der Waals surface area contributed by atoms with Crippen LogP contribution in [-0.2, 0) is 28.5 Å². The highest BCUT2D eigenvalue weighted by molar-refractivity contribution is 5.87. The minimum absolute atomic E-state index is 0.0835. The largest absolute Gasteiger partial charge is 0.462 e. The monoisotopic (exact) mass is 342 g/mol. The van der Waals surface area contributed by atoms with Crippen molar-refractivity contribution < 1.29 is 28.5 Å². The van der Waals surface area contributed by atoms with Gasteiger partial charge in [0.15, 0.2) is 0 Å². The molecule has 2 unspecified atom stereocenters. The number of carbonyl (C=O) groups excluding carboxylic acids is 2. The van der Waals surface area contributed by atoms with Crippen molar-refractivity contribution in [2.24, 2.45) is 0 Å². The van der Waals surface area contributed by atoms with Gasteiger partial charge in [-0.15, -0.1) is 0 Å². The summed E-state index contributed by atoms with van der Waals surface area (Å²) < 4.78 is 21.2. The number of hydrogen-bond acceptors (Lipinski definition) is 6. The second kappa shape index (κ2) is 12.7. The summed E-state index contributed by atoms with van der Waals surface area (Å²) in [6.45, 7) is 15.7. The summed E-state index contributed by atoms with van der Waals surface area (Å²) in [4.78, 5) is 22.4. The van der Waals surface area contributed by atoms with Crippen LogP contribution in [0.5, 0.6) is 0 Å². The molecule has 0 aliphatic heterocycles. The zero-order chi connectivity index (χ0) is 18.5. The average molecular weight is 342 g/mol. The van der Waals surface area contributed by atoms with Crippen LogP contribution in [0.2, 0.25) is 0 Å². The van der Waals surface area contributed by atoms with Gasteiger partial charge in [0.1, 0.15) is 0 Å². The lowest BCUT2D eigenvalue weighted by Crippen LogP contribution is -2.27. The fourth-order valence-corrected chi connectivity index (χ4v) is 1.50. The third-order valence-electron chi connectivity index (χ3n) is 3.16. The van der Waals surface area contributed by atoms with E-state index in [9.17, 15) is 9.59 Å². The Labute approximate surface area is 144 Å². The van der Waals surface area contributed by atoms with E-state index in [0.29, 0.717) is 50.4 Å². The standard InChI is InChI=1S/C18H30O6/c1-13(2)17(19)23-11-7-9-21-15(5)16(6)22-10-8-12-24-18(20)14(3)4/h15-16H,1,3,7-12H2,2,4-6H3. The first-order valence-corrected chi connectivity index (χ1v) is 8.14. The molecule has 6 heteroatoms. The predicted octanol–water partition coefficient (Wildman–Crippen LogP) is 2.82. The highest BCUT2D eigenvalue weighted by atomic mass is 16.6. The van der Waals surface area contributed by atoms with Gasteiger partial charge >= 0.3 is 11.9 Å². The van der Waals surface area contributed by atoms with Gasteiger partial charge in [-0.1, -0.05) is 13.2 Å². The Morgan fingerprint density at radius 2 is 1.08 bits per heavy atom. The van der Waals surface area contributed by atoms with Crippen molar-refractivity contribution in [3.8, 4) is 0 Å². The van der Waals surface area contributed by atoms with Crippen LogP contribution in [0.15, 0.2) is 24.3 Å². The van der Waals surface area contributed by atoms with Gasteiger partial charge in [0.2, 0.25) is 0 Å². The molecule has 0 saturated carbocycles. The van der Waals surface area contributed by atoms with Gasteiger partial charge in [0.05, 0.1) is 38.6 Å². The fourth-order valence-electron chi connectivity index (χ4n) is 1.50. The molecule has 0 aromatic rings. The van der Waals surface area contributed by atoms with Crippen molar-refractivity contribution >= 4 is 11.9 Å². The minimum Gasteiger partial charge on any atom is -0.462 e. The number of hydrogen-bond donors (Lipinski definition) is 0. The van der Waals surface area contributed by atoms with Gasteiger partial charge in [-0.3, -0.25) is 0 Å². The van der Waals surface area contributed by atoms with Crippen LogP contribution < -0.4 is 0 Å². The molecule has 0 aliphatic rings. The number of ether oxygens (including phenoxy) is 4. The van der Waals surface area contributed by atoms with Gasteiger partial charge in [-0.2, -0.15) is 0 Å². The van der Waals surface area contributed by atoms with Crippen LogP contribution in [0, 0.1) is 0 Å². The molecule has 6 nitrogen and oxygen atoms in total. The summed E-state index contributed by atoms with van der Waals surface area (Å²) in [6.07, 6.45) is 1.07. The number of esters is 2. The minimum atomic E-state index is -0.382. The lowest BCUT2D eigenvalue weighted by Gasteiger charge is -2.21. The SMILES string of the molecule is C=C(C)C(=O)OCCCOC(C)C(C)OCCCOC(=O)C(=C)C. The first kappa shape index (κ1) is 22.3. The highest BCUT2D eigenvalue weighted by Crippen LogP contribution is 2.05. The molecule has 0 aliphatic carbocycles. The van der Waals surface area contributed by atoms with E-state index in [4.69, 9.17) is 18.9 Å². The fraction of sp³-hybridized carbons (Fsp3) is 0.667. The van der Waals surface area contributed by atoms with Gasteiger partial charge in [-0.25, -0.2) is 9.59 Å². The molecule has 0 heterocycles. The summed E-state index contributed by atoms with van der Waals surface area (Å²) in [7, 11) is 0. The highest BCUT2D eigenvalue weighted by Gasteiger charge is 2.13. The molecular formula is C18H30O6. The van der Waals surface area contributed by atoms with Crippen molar-refractivity contribution in [3.05, 3.63) is 24.3 Å². The quantitative estimate of drug-likeness (QED) is 0.291. The van der Waals surface area contributed by atoms with Crippen LogP contribution >= 0.6 is 0 Å². The summed E-state index contributed by atoms with van der Waals surface area (Å²) in [5.74, 6) is -0.765. The second-order valence-electron chi connectivity index (χ2n) is 5.69. The maximum absolute atomic E-state index is 11.2. The van der Waals surface area contributed by atoms with Crippen molar-refractivity contribution in [2.45, 2.75) is 52.7 Å². The van der Waals surface area contributed by atoms with Crippen LogP contribution in [-0.4, -0.2) is 50.6 Å². The molecule has 138 valence electrons. The lowest BCUT2D eigenvalue weighted by atomic mass is 10.2. The van der Waals surface area contributed by atoms with Crippen LogP contribution in [0.3, 0.4) is 0 Å². The molecule has 0 radical (unpaired) electrons. The average Bonchev–Trinajstić information content (AvgIpc) is 2.52. The lowest BCUT2D eigenvalue weighted by molar-refractivity contribution is -0.141. The van der Waals surface area contributed by atoms with Crippen molar-refractivity contribution in [1.29, 1.82) is 0 Å². The molecule has 0 fully saturated rings. The first-order valence-electron chi connectivity index (χ1n) is 8.14.